The van der Waals surface area contributed by atoms with Gasteiger partial charge >= 0.3 is 0 Å². The van der Waals surface area contributed by atoms with Gasteiger partial charge in [0, 0.05) is 10.9 Å². The van der Waals surface area contributed by atoms with Crippen LogP contribution in [0.15, 0.2) is 87.9 Å². The molecule has 0 aromatic heterocycles. The standard InChI is InChI=1S/C26H25N3O3S/c1-17-13-20-15-19(3)22(16-27-28-23-12-8-7-9-18(23)2)26(30)25(20)24(14-17)29-33(31,32)21-10-5-4-6-11-21/h4-15,29-30H,16H2,1-3H3. The predicted octanol–water partition coefficient (Wildman–Crippen LogP) is 6.56. The molecule has 0 unspecified atom stereocenters. The van der Waals surface area contributed by atoms with Crippen LogP contribution in [-0.4, -0.2) is 13.5 Å². The van der Waals surface area contributed by atoms with Crippen molar-refractivity contribution in [2.24, 2.45) is 10.2 Å². The van der Waals surface area contributed by atoms with Gasteiger partial charge in [0.1, 0.15) is 5.75 Å². The first-order chi connectivity index (χ1) is 15.8. The van der Waals surface area contributed by atoms with Crippen LogP contribution in [0.2, 0.25) is 0 Å². The fourth-order valence-corrected chi connectivity index (χ4v) is 4.88. The van der Waals surface area contributed by atoms with E-state index in [9.17, 15) is 13.5 Å². The molecule has 168 valence electrons. The Kier molecular flexibility index (Phi) is 6.16. The van der Waals surface area contributed by atoms with Gasteiger partial charge < -0.3 is 5.11 Å². The highest BCUT2D eigenvalue weighted by Crippen LogP contribution is 2.39. The van der Waals surface area contributed by atoms with Crippen molar-refractivity contribution in [3.05, 3.63) is 95.1 Å². The van der Waals surface area contributed by atoms with Crippen molar-refractivity contribution >= 4 is 32.2 Å². The molecule has 0 saturated heterocycles. The zero-order valence-electron chi connectivity index (χ0n) is 18.7. The molecule has 0 amide bonds. The summed E-state index contributed by atoms with van der Waals surface area (Å²) in [5.41, 5.74) is 4.42. The minimum atomic E-state index is -3.82. The van der Waals surface area contributed by atoms with E-state index in [-0.39, 0.29) is 17.2 Å². The number of phenols is 1. The van der Waals surface area contributed by atoms with Crippen LogP contribution in [0, 0.1) is 20.8 Å². The Morgan fingerprint density at radius 2 is 1.58 bits per heavy atom. The second-order valence-corrected chi connectivity index (χ2v) is 9.72. The molecule has 0 radical (unpaired) electrons. The number of sulfonamides is 1. The zero-order chi connectivity index (χ0) is 23.6. The molecular weight excluding hydrogens is 434 g/mol. The first kappa shape index (κ1) is 22.5. The van der Waals surface area contributed by atoms with Crippen LogP contribution in [0.3, 0.4) is 0 Å². The highest BCUT2D eigenvalue weighted by Gasteiger charge is 2.19. The minimum Gasteiger partial charge on any atom is -0.507 e. The number of nitrogens with zero attached hydrogens (tertiary/aromatic N) is 2. The number of rotatable bonds is 6. The number of anilines is 1. The van der Waals surface area contributed by atoms with Crippen molar-refractivity contribution in [2.75, 3.05) is 4.72 Å². The predicted molar refractivity (Wildman–Crippen MR) is 132 cm³/mol. The van der Waals surface area contributed by atoms with Gasteiger partial charge in [0.15, 0.2) is 0 Å². The van der Waals surface area contributed by atoms with E-state index in [1.54, 1.807) is 24.3 Å². The highest BCUT2D eigenvalue weighted by atomic mass is 32.2. The lowest BCUT2D eigenvalue weighted by Gasteiger charge is -2.16. The second-order valence-electron chi connectivity index (χ2n) is 8.04. The van der Waals surface area contributed by atoms with E-state index in [2.05, 4.69) is 15.0 Å². The molecule has 4 rings (SSSR count). The number of nitrogens with one attached hydrogen (secondary N) is 1. The van der Waals surface area contributed by atoms with Crippen molar-refractivity contribution in [1.29, 1.82) is 0 Å². The van der Waals surface area contributed by atoms with Crippen LogP contribution in [0.4, 0.5) is 11.4 Å². The van der Waals surface area contributed by atoms with Crippen molar-refractivity contribution in [3.63, 3.8) is 0 Å². The SMILES string of the molecule is Cc1cc(NS(=O)(=O)c2ccccc2)c2c(O)c(CN=Nc3ccccc3C)c(C)cc2c1. The Labute approximate surface area is 193 Å². The summed E-state index contributed by atoms with van der Waals surface area (Å²) < 4.78 is 28.6. The number of aryl methyl sites for hydroxylation is 3. The number of benzene rings is 4. The molecule has 2 N–H and O–H groups in total. The van der Waals surface area contributed by atoms with Gasteiger partial charge in [0.25, 0.3) is 10.0 Å². The average Bonchev–Trinajstić information content (AvgIpc) is 2.77. The van der Waals surface area contributed by atoms with E-state index in [4.69, 9.17) is 0 Å². The lowest BCUT2D eigenvalue weighted by Crippen LogP contribution is -2.13. The zero-order valence-corrected chi connectivity index (χ0v) is 19.5. The molecule has 0 bridgehead atoms. The molecule has 0 spiro atoms. The van der Waals surface area contributed by atoms with Gasteiger partial charge in [-0.3, -0.25) is 4.72 Å². The molecule has 0 saturated carbocycles. The summed E-state index contributed by atoms with van der Waals surface area (Å²) in [5, 5.41) is 21.0. The van der Waals surface area contributed by atoms with Gasteiger partial charge in [-0.1, -0.05) is 48.5 Å². The number of azo groups is 1. The number of aromatic hydroxyl groups is 1. The molecule has 6 nitrogen and oxygen atoms in total. The lowest BCUT2D eigenvalue weighted by molar-refractivity contribution is 0.474. The summed E-state index contributed by atoms with van der Waals surface area (Å²) in [5.74, 6) is -0.000467. The monoisotopic (exact) mass is 459 g/mol. The van der Waals surface area contributed by atoms with Crippen molar-refractivity contribution in [2.45, 2.75) is 32.2 Å². The molecule has 0 aliphatic rings. The molecule has 7 heteroatoms. The Bertz CT molecular complexity index is 1460. The Balaban J connectivity index is 1.77. The number of fused-ring (bicyclic) bond motifs is 1. The van der Waals surface area contributed by atoms with Gasteiger partial charge in [0.2, 0.25) is 0 Å². The third-order valence-electron chi connectivity index (χ3n) is 5.50. The molecule has 0 aliphatic heterocycles. The molecule has 0 aliphatic carbocycles. The molecule has 0 fully saturated rings. The third-order valence-corrected chi connectivity index (χ3v) is 6.89. The van der Waals surface area contributed by atoms with E-state index in [0.717, 1.165) is 27.8 Å². The summed E-state index contributed by atoms with van der Waals surface area (Å²) in [6.07, 6.45) is 0. The maximum absolute atomic E-state index is 13.0. The molecule has 4 aromatic carbocycles. The van der Waals surface area contributed by atoms with Crippen LogP contribution < -0.4 is 4.72 Å². The summed E-state index contributed by atoms with van der Waals surface area (Å²) in [6, 6.07) is 21.4. The third kappa shape index (κ3) is 4.73. The average molecular weight is 460 g/mol. The van der Waals surface area contributed by atoms with E-state index in [1.807, 2.05) is 57.2 Å². The quantitative estimate of drug-likeness (QED) is 0.320. The second kappa shape index (κ2) is 9.03. The van der Waals surface area contributed by atoms with Gasteiger partial charge in [-0.05, 0) is 67.1 Å². The maximum Gasteiger partial charge on any atom is 0.261 e. The summed E-state index contributed by atoms with van der Waals surface area (Å²) >= 11 is 0. The largest absolute Gasteiger partial charge is 0.507 e. The topological polar surface area (TPSA) is 91.1 Å². The number of hydrogen-bond donors (Lipinski definition) is 2. The normalized spacial score (nSPS) is 11.8. The van der Waals surface area contributed by atoms with Crippen LogP contribution in [-0.2, 0) is 16.6 Å². The Morgan fingerprint density at radius 1 is 0.879 bits per heavy atom. The van der Waals surface area contributed by atoms with Gasteiger partial charge in [0.05, 0.1) is 22.8 Å². The van der Waals surface area contributed by atoms with E-state index >= 15 is 0 Å². The number of phenolic OH excluding ortho intramolecular Hbond substituents is 1. The highest BCUT2D eigenvalue weighted by molar-refractivity contribution is 7.92. The van der Waals surface area contributed by atoms with E-state index < -0.39 is 10.0 Å². The van der Waals surface area contributed by atoms with Gasteiger partial charge in [-0.15, -0.1) is 0 Å². The van der Waals surface area contributed by atoms with E-state index in [0.29, 0.717) is 16.6 Å². The van der Waals surface area contributed by atoms with Crippen molar-refractivity contribution < 1.29 is 13.5 Å². The molecule has 33 heavy (non-hydrogen) atoms. The number of hydrogen-bond acceptors (Lipinski definition) is 5. The Morgan fingerprint density at radius 3 is 2.30 bits per heavy atom. The molecule has 4 aromatic rings. The summed E-state index contributed by atoms with van der Waals surface area (Å²) in [6.45, 7) is 5.91. The van der Waals surface area contributed by atoms with Crippen LogP contribution in [0.25, 0.3) is 10.8 Å². The fourth-order valence-electron chi connectivity index (χ4n) is 3.79. The first-order valence-corrected chi connectivity index (χ1v) is 12.0. The lowest BCUT2D eigenvalue weighted by atomic mass is 9.97. The van der Waals surface area contributed by atoms with Gasteiger partial charge in [-0.25, -0.2) is 8.42 Å². The van der Waals surface area contributed by atoms with Crippen LogP contribution in [0.5, 0.6) is 5.75 Å². The molecule has 0 heterocycles. The fraction of sp³-hybridized carbons (Fsp3) is 0.154. The maximum atomic E-state index is 13.0. The summed E-state index contributed by atoms with van der Waals surface area (Å²) in [7, 11) is -3.82. The van der Waals surface area contributed by atoms with Crippen LogP contribution in [0.1, 0.15) is 22.3 Å². The minimum absolute atomic E-state index is 0.000467. The first-order valence-electron chi connectivity index (χ1n) is 10.5. The molecule has 0 atom stereocenters. The van der Waals surface area contributed by atoms with Crippen LogP contribution >= 0.6 is 0 Å². The van der Waals surface area contributed by atoms with Gasteiger partial charge in [-0.2, -0.15) is 10.2 Å². The van der Waals surface area contributed by atoms with Crippen molar-refractivity contribution in [3.8, 4) is 5.75 Å². The van der Waals surface area contributed by atoms with E-state index in [1.165, 1.54) is 12.1 Å². The smallest absolute Gasteiger partial charge is 0.261 e. The summed E-state index contributed by atoms with van der Waals surface area (Å²) in [4.78, 5) is 0.151. The Hall–Kier alpha value is -3.71. The van der Waals surface area contributed by atoms with Crippen molar-refractivity contribution in [1.82, 2.24) is 0 Å². The molecular formula is C26H25N3O3S.